The molecule has 2 heterocycles. The average Bonchev–Trinajstić information content (AvgIpc) is 3.36. The third-order valence-electron chi connectivity index (χ3n) is 7.79. The van der Waals surface area contributed by atoms with Gasteiger partial charge in [-0.1, -0.05) is 55.7 Å². The van der Waals surface area contributed by atoms with Gasteiger partial charge in [0.2, 0.25) is 5.91 Å². The molecule has 5 rings (SSSR count). The van der Waals surface area contributed by atoms with Crippen LogP contribution >= 0.6 is 0 Å². The van der Waals surface area contributed by atoms with Crippen LogP contribution in [0.2, 0.25) is 0 Å². The first kappa shape index (κ1) is 24.3. The Labute approximate surface area is 214 Å². The molecule has 0 N–H and O–H groups in total. The lowest BCUT2D eigenvalue weighted by Gasteiger charge is -2.35. The van der Waals surface area contributed by atoms with Crippen molar-refractivity contribution in [3.8, 4) is 6.07 Å². The van der Waals surface area contributed by atoms with Crippen molar-refractivity contribution in [2.45, 2.75) is 57.5 Å². The lowest BCUT2D eigenvalue weighted by atomic mass is 9.81. The molecule has 1 amide bonds. The number of piperazine rings is 1. The van der Waals surface area contributed by atoms with E-state index in [4.69, 9.17) is 5.26 Å². The third kappa shape index (κ3) is 5.85. The zero-order valence-corrected chi connectivity index (χ0v) is 21.0. The van der Waals surface area contributed by atoms with E-state index in [1.165, 1.54) is 48.9 Å². The van der Waals surface area contributed by atoms with Crippen LogP contribution in [0.3, 0.4) is 0 Å². The molecule has 1 aliphatic heterocycles. The topological polar surface area (TPSA) is 65.2 Å². The Kier molecular flexibility index (Phi) is 7.78. The molecular formula is C30H35N5O. The quantitative estimate of drug-likeness (QED) is 0.489. The molecule has 1 saturated heterocycles. The molecule has 2 aliphatic rings. The maximum Gasteiger partial charge on any atom is 0.227 e. The number of nitrogens with zero attached hydrogens (tertiary/aromatic N) is 5. The summed E-state index contributed by atoms with van der Waals surface area (Å²) in [5.41, 5.74) is 5.62. The number of rotatable bonds is 7. The van der Waals surface area contributed by atoms with E-state index in [2.05, 4.69) is 44.8 Å². The molecule has 1 aliphatic carbocycles. The van der Waals surface area contributed by atoms with Crippen LogP contribution in [0, 0.1) is 11.3 Å². The first-order valence-corrected chi connectivity index (χ1v) is 13.3. The maximum atomic E-state index is 13.2. The van der Waals surface area contributed by atoms with E-state index < -0.39 is 0 Å². The first-order valence-electron chi connectivity index (χ1n) is 13.3. The fourth-order valence-electron chi connectivity index (χ4n) is 5.67. The summed E-state index contributed by atoms with van der Waals surface area (Å²) in [6.45, 7) is 4.85. The van der Waals surface area contributed by atoms with Crippen molar-refractivity contribution in [3.63, 3.8) is 0 Å². The zero-order valence-electron chi connectivity index (χ0n) is 21.0. The summed E-state index contributed by atoms with van der Waals surface area (Å²) < 4.78 is 2.17. The Morgan fingerprint density at radius 3 is 2.44 bits per heavy atom. The van der Waals surface area contributed by atoms with Gasteiger partial charge < -0.3 is 9.47 Å². The molecule has 36 heavy (non-hydrogen) atoms. The van der Waals surface area contributed by atoms with Crippen molar-refractivity contribution >= 4 is 5.91 Å². The largest absolute Gasteiger partial charge is 0.340 e. The van der Waals surface area contributed by atoms with E-state index in [9.17, 15) is 4.79 Å². The van der Waals surface area contributed by atoms with E-state index in [0.717, 1.165) is 44.8 Å². The van der Waals surface area contributed by atoms with Gasteiger partial charge >= 0.3 is 0 Å². The van der Waals surface area contributed by atoms with E-state index in [-0.39, 0.29) is 5.91 Å². The SMILES string of the molecule is N#Cc1ccc(Cn2cncc2CN2CCN(C(=O)Cc3ccccc3C3CCCCC3)CC2)cc1. The van der Waals surface area contributed by atoms with E-state index >= 15 is 0 Å². The van der Waals surface area contributed by atoms with Gasteiger partial charge in [-0.15, -0.1) is 0 Å². The second-order valence-electron chi connectivity index (χ2n) is 10.2. The number of benzene rings is 2. The molecule has 0 bridgehead atoms. The van der Waals surface area contributed by atoms with Crippen molar-refractivity contribution in [3.05, 3.63) is 89.0 Å². The molecular weight excluding hydrogens is 446 g/mol. The normalized spacial score (nSPS) is 17.1. The van der Waals surface area contributed by atoms with Crippen LogP contribution in [0.25, 0.3) is 0 Å². The lowest BCUT2D eigenvalue weighted by molar-refractivity contribution is -0.132. The van der Waals surface area contributed by atoms with Gasteiger partial charge in [0, 0.05) is 45.5 Å². The van der Waals surface area contributed by atoms with Gasteiger partial charge in [-0.05, 0) is 47.6 Å². The van der Waals surface area contributed by atoms with Crippen LogP contribution in [-0.4, -0.2) is 51.4 Å². The van der Waals surface area contributed by atoms with Gasteiger partial charge in [-0.2, -0.15) is 5.26 Å². The minimum atomic E-state index is 0.253. The molecule has 2 fully saturated rings. The van der Waals surface area contributed by atoms with Crippen LogP contribution in [0.1, 0.15) is 66.0 Å². The second-order valence-corrected chi connectivity index (χ2v) is 10.2. The van der Waals surface area contributed by atoms with Crippen LogP contribution in [0.4, 0.5) is 0 Å². The van der Waals surface area contributed by atoms with Gasteiger partial charge in [0.1, 0.15) is 0 Å². The number of imidazole rings is 1. The van der Waals surface area contributed by atoms with Gasteiger partial charge in [0.25, 0.3) is 0 Å². The first-order chi connectivity index (χ1) is 17.7. The predicted molar refractivity (Wildman–Crippen MR) is 140 cm³/mol. The van der Waals surface area contributed by atoms with E-state index in [1.807, 2.05) is 41.7 Å². The number of hydrogen-bond acceptors (Lipinski definition) is 4. The number of amides is 1. The second kappa shape index (κ2) is 11.5. The fourth-order valence-corrected chi connectivity index (χ4v) is 5.67. The fraction of sp³-hybridized carbons (Fsp3) is 0.433. The van der Waals surface area contributed by atoms with Gasteiger partial charge in [-0.3, -0.25) is 9.69 Å². The summed E-state index contributed by atoms with van der Waals surface area (Å²) in [5, 5.41) is 9.01. The van der Waals surface area contributed by atoms with E-state index in [1.54, 1.807) is 0 Å². The standard InChI is InChI=1S/C30H35N5O/c31-19-24-10-12-25(13-11-24)21-35-23-32-20-28(35)22-33-14-16-34(17-15-33)30(36)18-27-8-4-5-9-29(27)26-6-2-1-3-7-26/h4-5,8-13,20,23,26H,1-3,6-7,14-18,21-22H2. The number of aromatic nitrogens is 2. The molecule has 3 aromatic rings. The number of carbonyl (C=O) groups excluding carboxylic acids is 1. The highest BCUT2D eigenvalue weighted by molar-refractivity contribution is 5.79. The Balaban J connectivity index is 1.14. The van der Waals surface area contributed by atoms with Crippen LogP contribution in [-0.2, 0) is 24.3 Å². The maximum absolute atomic E-state index is 13.2. The minimum absolute atomic E-state index is 0.253. The van der Waals surface area contributed by atoms with Gasteiger partial charge in [0.05, 0.1) is 30.1 Å². The Hall–Kier alpha value is -3.43. The molecule has 0 atom stereocenters. The summed E-state index contributed by atoms with van der Waals surface area (Å²) in [6, 6.07) is 18.5. The highest BCUT2D eigenvalue weighted by Crippen LogP contribution is 2.34. The van der Waals surface area contributed by atoms with Crippen molar-refractivity contribution in [2.75, 3.05) is 26.2 Å². The summed E-state index contributed by atoms with van der Waals surface area (Å²) in [6.07, 6.45) is 10.8. The minimum Gasteiger partial charge on any atom is -0.340 e. The van der Waals surface area contributed by atoms with Gasteiger partial charge in [0.15, 0.2) is 0 Å². The van der Waals surface area contributed by atoms with Crippen molar-refractivity contribution in [2.24, 2.45) is 0 Å². The molecule has 1 saturated carbocycles. The third-order valence-corrected chi connectivity index (χ3v) is 7.79. The molecule has 6 heteroatoms. The van der Waals surface area contributed by atoms with Crippen molar-refractivity contribution < 1.29 is 4.79 Å². The number of nitriles is 1. The zero-order chi connectivity index (χ0) is 24.7. The van der Waals surface area contributed by atoms with Gasteiger partial charge in [-0.25, -0.2) is 4.98 Å². The number of carbonyl (C=O) groups is 1. The Morgan fingerprint density at radius 1 is 0.944 bits per heavy atom. The van der Waals surface area contributed by atoms with Crippen molar-refractivity contribution in [1.29, 1.82) is 5.26 Å². The molecule has 0 unspecified atom stereocenters. The highest BCUT2D eigenvalue weighted by Gasteiger charge is 2.24. The monoisotopic (exact) mass is 481 g/mol. The molecule has 2 aromatic carbocycles. The molecule has 186 valence electrons. The number of hydrogen-bond donors (Lipinski definition) is 0. The van der Waals surface area contributed by atoms with Crippen molar-refractivity contribution in [1.82, 2.24) is 19.4 Å². The summed E-state index contributed by atoms with van der Waals surface area (Å²) in [5.74, 6) is 0.873. The summed E-state index contributed by atoms with van der Waals surface area (Å²) >= 11 is 0. The highest BCUT2D eigenvalue weighted by atomic mass is 16.2. The molecule has 0 spiro atoms. The lowest BCUT2D eigenvalue weighted by Crippen LogP contribution is -2.48. The smallest absolute Gasteiger partial charge is 0.227 e. The molecule has 6 nitrogen and oxygen atoms in total. The van der Waals surface area contributed by atoms with Crippen LogP contribution < -0.4 is 0 Å². The Bertz CT molecular complexity index is 1190. The summed E-state index contributed by atoms with van der Waals surface area (Å²) in [7, 11) is 0. The van der Waals surface area contributed by atoms with E-state index in [0.29, 0.717) is 17.9 Å². The molecule has 1 aromatic heterocycles. The molecule has 0 radical (unpaired) electrons. The predicted octanol–water partition coefficient (Wildman–Crippen LogP) is 4.74. The summed E-state index contributed by atoms with van der Waals surface area (Å²) in [4.78, 5) is 22.0. The van der Waals surface area contributed by atoms with Crippen LogP contribution in [0.5, 0.6) is 0 Å². The van der Waals surface area contributed by atoms with Crippen LogP contribution in [0.15, 0.2) is 61.1 Å². The Morgan fingerprint density at radius 2 is 1.69 bits per heavy atom. The average molecular weight is 482 g/mol.